The zero-order valence-electron chi connectivity index (χ0n) is 14.3. The second-order valence-corrected chi connectivity index (χ2v) is 8.47. The number of likely N-dealkylation sites (tertiary alicyclic amines) is 2. The average molecular weight is 318 g/mol. The Morgan fingerprint density at radius 2 is 1.48 bits per heavy atom. The molecule has 4 aliphatic rings. The van der Waals surface area contributed by atoms with Crippen LogP contribution >= 0.6 is 0 Å². The monoisotopic (exact) mass is 318 g/mol. The quantitative estimate of drug-likeness (QED) is 0.785. The molecule has 4 heteroatoms. The van der Waals surface area contributed by atoms with E-state index in [1.54, 1.807) is 0 Å². The number of hydrogen-bond acceptors (Lipinski definition) is 2. The van der Waals surface area contributed by atoms with E-state index in [1.807, 2.05) is 4.90 Å². The molecule has 2 saturated heterocycles. The van der Waals surface area contributed by atoms with Gasteiger partial charge in [0.05, 0.1) is 5.92 Å². The highest BCUT2D eigenvalue weighted by molar-refractivity contribution is 5.83. The lowest BCUT2D eigenvalue weighted by atomic mass is 9.73. The molecule has 2 aliphatic carbocycles. The van der Waals surface area contributed by atoms with Crippen molar-refractivity contribution in [3.63, 3.8) is 0 Å². The molecule has 4 rings (SSSR count). The highest BCUT2D eigenvalue weighted by Gasteiger charge is 2.43. The number of carbonyl (C=O) groups excluding carboxylic acids is 2. The van der Waals surface area contributed by atoms with Gasteiger partial charge in [0.2, 0.25) is 11.8 Å². The van der Waals surface area contributed by atoms with Crippen molar-refractivity contribution in [1.29, 1.82) is 0 Å². The minimum Gasteiger partial charge on any atom is -0.342 e. The van der Waals surface area contributed by atoms with Crippen LogP contribution in [0.3, 0.4) is 0 Å². The van der Waals surface area contributed by atoms with E-state index >= 15 is 0 Å². The SMILES string of the molecule is O=C(C1CC1)N1CCC[C@@H](C(=O)N2CCC3(CCCCC3)C2)C1. The summed E-state index contributed by atoms with van der Waals surface area (Å²) in [5, 5.41) is 0. The van der Waals surface area contributed by atoms with Gasteiger partial charge >= 0.3 is 0 Å². The van der Waals surface area contributed by atoms with Crippen LogP contribution in [0.1, 0.15) is 64.2 Å². The van der Waals surface area contributed by atoms with Crippen molar-refractivity contribution >= 4 is 11.8 Å². The van der Waals surface area contributed by atoms with Crippen LogP contribution in [0.25, 0.3) is 0 Å². The second-order valence-electron chi connectivity index (χ2n) is 8.47. The van der Waals surface area contributed by atoms with Gasteiger partial charge in [0.1, 0.15) is 0 Å². The molecule has 0 N–H and O–H groups in total. The van der Waals surface area contributed by atoms with Crippen LogP contribution in [0, 0.1) is 17.3 Å². The normalized spacial score (nSPS) is 30.7. The number of rotatable bonds is 2. The largest absolute Gasteiger partial charge is 0.342 e. The molecule has 0 unspecified atom stereocenters. The Bertz CT molecular complexity index is 480. The van der Waals surface area contributed by atoms with Crippen LogP contribution in [0.4, 0.5) is 0 Å². The van der Waals surface area contributed by atoms with Crippen LogP contribution in [-0.4, -0.2) is 47.8 Å². The van der Waals surface area contributed by atoms with Gasteiger partial charge in [0, 0.05) is 32.1 Å². The summed E-state index contributed by atoms with van der Waals surface area (Å²) in [5.74, 6) is 0.986. The number of piperidine rings is 1. The Labute approximate surface area is 139 Å². The fourth-order valence-electron chi connectivity index (χ4n) is 5.06. The number of amides is 2. The molecule has 128 valence electrons. The van der Waals surface area contributed by atoms with Crippen LogP contribution in [0.15, 0.2) is 0 Å². The highest BCUT2D eigenvalue weighted by Crippen LogP contribution is 2.44. The van der Waals surface area contributed by atoms with Crippen molar-refractivity contribution in [3.8, 4) is 0 Å². The summed E-state index contributed by atoms with van der Waals surface area (Å²) in [7, 11) is 0. The Balaban J connectivity index is 1.36. The van der Waals surface area contributed by atoms with Crippen LogP contribution < -0.4 is 0 Å². The summed E-state index contributed by atoms with van der Waals surface area (Å²) in [6, 6.07) is 0. The van der Waals surface area contributed by atoms with Crippen LogP contribution in [0.5, 0.6) is 0 Å². The summed E-state index contributed by atoms with van der Waals surface area (Å²) in [6.07, 6.45) is 12.0. The topological polar surface area (TPSA) is 40.6 Å². The first kappa shape index (κ1) is 15.5. The number of nitrogens with zero attached hydrogens (tertiary/aromatic N) is 2. The van der Waals surface area contributed by atoms with Crippen molar-refractivity contribution in [2.24, 2.45) is 17.3 Å². The van der Waals surface area contributed by atoms with Gasteiger partial charge in [-0.1, -0.05) is 19.3 Å². The molecule has 0 aromatic carbocycles. The van der Waals surface area contributed by atoms with Crippen LogP contribution in [-0.2, 0) is 9.59 Å². The fraction of sp³-hybridized carbons (Fsp3) is 0.895. The van der Waals surface area contributed by atoms with Gasteiger partial charge in [-0.25, -0.2) is 0 Å². The highest BCUT2D eigenvalue weighted by atomic mass is 16.2. The first-order valence-electron chi connectivity index (χ1n) is 9.74. The third kappa shape index (κ3) is 3.14. The Hall–Kier alpha value is -1.06. The molecule has 0 radical (unpaired) electrons. The smallest absolute Gasteiger partial charge is 0.227 e. The Morgan fingerprint density at radius 1 is 0.739 bits per heavy atom. The van der Waals surface area contributed by atoms with E-state index in [0.29, 0.717) is 23.8 Å². The van der Waals surface area contributed by atoms with E-state index in [4.69, 9.17) is 0 Å². The predicted molar refractivity (Wildman–Crippen MR) is 88.7 cm³/mol. The first-order chi connectivity index (χ1) is 11.2. The lowest BCUT2D eigenvalue weighted by Crippen LogP contribution is -2.47. The van der Waals surface area contributed by atoms with Crippen molar-refractivity contribution in [2.75, 3.05) is 26.2 Å². The maximum Gasteiger partial charge on any atom is 0.227 e. The molecule has 2 amide bonds. The standard InChI is InChI=1S/C19H30N2O2/c22-17(15-6-7-15)20-11-4-5-16(13-20)18(23)21-12-10-19(14-21)8-2-1-3-9-19/h15-16H,1-14H2/t16-/m1/s1. The molecule has 23 heavy (non-hydrogen) atoms. The molecule has 1 atom stereocenters. The molecular formula is C19H30N2O2. The number of hydrogen-bond donors (Lipinski definition) is 0. The minimum atomic E-state index is 0.0604. The molecular weight excluding hydrogens is 288 g/mol. The van der Waals surface area contributed by atoms with Gasteiger partial charge in [-0.2, -0.15) is 0 Å². The van der Waals surface area contributed by atoms with E-state index in [2.05, 4.69) is 4.90 Å². The maximum atomic E-state index is 13.0. The van der Waals surface area contributed by atoms with E-state index in [0.717, 1.165) is 45.3 Å². The molecule has 4 fully saturated rings. The summed E-state index contributed by atoms with van der Waals surface area (Å²) < 4.78 is 0. The lowest BCUT2D eigenvalue weighted by Gasteiger charge is -2.36. The summed E-state index contributed by atoms with van der Waals surface area (Å²) >= 11 is 0. The zero-order valence-corrected chi connectivity index (χ0v) is 14.3. The van der Waals surface area contributed by atoms with Crippen molar-refractivity contribution in [3.05, 3.63) is 0 Å². The molecule has 2 heterocycles. The zero-order chi connectivity index (χ0) is 15.9. The van der Waals surface area contributed by atoms with Gasteiger partial charge in [-0.05, 0) is 50.4 Å². The van der Waals surface area contributed by atoms with Gasteiger partial charge < -0.3 is 9.80 Å². The molecule has 2 aliphatic heterocycles. The van der Waals surface area contributed by atoms with Crippen molar-refractivity contribution in [2.45, 2.75) is 64.2 Å². The third-order valence-electron chi connectivity index (χ3n) is 6.67. The van der Waals surface area contributed by atoms with E-state index < -0.39 is 0 Å². The Kier molecular flexibility index (Phi) is 4.10. The van der Waals surface area contributed by atoms with E-state index in [1.165, 1.54) is 38.5 Å². The van der Waals surface area contributed by atoms with Gasteiger partial charge in [-0.15, -0.1) is 0 Å². The van der Waals surface area contributed by atoms with Crippen LogP contribution in [0.2, 0.25) is 0 Å². The minimum absolute atomic E-state index is 0.0604. The van der Waals surface area contributed by atoms with Gasteiger partial charge in [-0.3, -0.25) is 9.59 Å². The molecule has 0 aromatic heterocycles. The second kappa shape index (κ2) is 6.10. The molecule has 2 saturated carbocycles. The van der Waals surface area contributed by atoms with Gasteiger partial charge in [0.15, 0.2) is 0 Å². The molecule has 4 nitrogen and oxygen atoms in total. The summed E-state index contributed by atoms with van der Waals surface area (Å²) in [4.78, 5) is 29.4. The van der Waals surface area contributed by atoms with E-state index in [-0.39, 0.29) is 11.8 Å². The summed E-state index contributed by atoms with van der Waals surface area (Å²) in [6.45, 7) is 3.48. The predicted octanol–water partition coefficient (Wildman–Crippen LogP) is 2.82. The van der Waals surface area contributed by atoms with E-state index in [9.17, 15) is 9.59 Å². The molecule has 0 bridgehead atoms. The fourth-order valence-corrected chi connectivity index (χ4v) is 5.06. The average Bonchev–Trinajstić information content (AvgIpc) is 3.37. The number of carbonyl (C=O) groups is 2. The van der Waals surface area contributed by atoms with Gasteiger partial charge in [0.25, 0.3) is 0 Å². The van der Waals surface area contributed by atoms with Crippen molar-refractivity contribution in [1.82, 2.24) is 9.80 Å². The lowest BCUT2D eigenvalue weighted by molar-refractivity contribution is -0.141. The molecule has 1 spiro atoms. The third-order valence-corrected chi connectivity index (χ3v) is 6.67. The Morgan fingerprint density at radius 3 is 2.22 bits per heavy atom. The first-order valence-corrected chi connectivity index (χ1v) is 9.74. The van der Waals surface area contributed by atoms with Crippen molar-refractivity contribution < 1.29 is 9.59 Å². The summed E-state index contributed by atoms with van der Waals surface area (Å²) in [5.41, 5.74) is 0.437. The molecule has 0 aromatic rings. The maximum absolute atomic E-state index is 13.0.